The Balaban J connectivity index is 0.00000121. The second kappa shape index (κ2) is 5.62. The van der Waals surface area contributed by atoms with Crippen LogP contribution in [0.25, 0.3) is 0 Å². The van der Waals surface area contributed by atoms with Crippen LogP contribution >= 0.6 is 28.3 Å². The third kappa shape index (κ3) is 4.14. The number of hydrogen-bond acceptors (Lipinski definition) is 2. The van der Waals surface area contributed by atoms with Crippen molar-refractivity contribution in [2.45, 2.75) is 26.4 Å². The molecule has 0 aromatic carbocycles. The lowest BCUT2D eigenvalue weighted by molar-refractivity contribution is 0.450. The van der Waals surface area contributed by atoms with Gasteiger partial charge < -0.3 is 9.73 Å². The van der Waals surface area contributed by atoms with E-state index in [1.54, 1.807) is 0 Å². The van der Waals surface area contributed by atoms with Gasteiger partial charge in [0.2, 0.25) is 0 Å². The van der Waals surface area contributed by atoms with Crippen molar-refractivity contribution in [2.24, 2.45) is 0 Å². The van der Waals surface area contributed by atoms with E-state index in [0.717, 1.165) is 17.0 Å². The summed E-state index contributed by atoms with van der Waals surface area (Å²) in [7, 11) is 0. The fraction of sp³-hybridized carbons (Fsp3) is 0.500. The quantitative estimate of drug-likeness (QED) is 0.897. The maximum absolute atomic E-state index is 5.29. The normalized spacial score (nSPS) is 10.0. The van der Waals surface area contributed by atoms with Crippen molar-refractivity contribution >= 4 is 28.3 Å². The van der Waals surface area contributed by atoms with Crippen LogP contribution in [0.15, 0.2) is 21.2 Å². The topological polar surface area (TPSA) is 25.2 Å². The van der Waals surface area contributed by atoms with Gasteiger partial charge in [-0.25, -0.2) is 0 Å². The van der Waals surface area contributed by atoms with Crippen molar-refractivity contribution in [3.05, 3.63) is 22.6 Å². The molecular formula is C8H13BrClNO. The summed E-state index contributed by atoms with van der Waals surface area (Å²) in [4.78, 5) is 0. The Morgan fingerprint density at radius 3 is 2.58 bits per heavy atom. The van der Waals surface area contributed by atoms with Crippen molar-refractivity contribution < 1.29 is 4.42 Å². The monoisotopic (exact) mass is 253 g/mol. The van der Waals surface area contributed by atoms with Gasteiger partial charge in [-0.15, -0.1) is 12.4 Å². The Labute approximate surface area is 87.3 Å². The predicted octanol–water partition coefficient (Wildman–Crippen LogP) is 2.96. The molecule has 1 N–H and O–H groups in total. The van der Waals surface area contributed by atoms with Crippen LogP contribution in [-0.2, 0) is 6.54 Å². The van der Waals surface area contributed by atoms with Crippen LogP contribution in [0, 0.1) is 0 Å². The van der Waals surface area contributed by atoms with Crippen LogP contribution < -0.4 is 5.32 Å². The highest BCUT2D eigenvalue weighted by molar-refractivity contribution is 9.10. The van der Waals surface area contributed by atoms with Gasteiger partial charge in [-0.05, 0) is 28.1 Å². The Hall–Kier alpha value is 0.01000. The summed E-state index contributed by atoms with van der Waals surface area (Å²) in [5.41, 5.74) is 0. The van der Waals surface area contributed by atoms with Crippen LogP contribution in [0.3, 0.4) is 0 Å². The zero-order valence-electron chi connectivity index (χ0n) is 7.13. The Morgan fingerprint density at radius 1 is 1.50 bits per heavy atom. The Morgan fingerprint density at radius 2 is 2.17 bits per heavy atom. The zero-order chi connectivity index (χ0) is 8.27. The molecule has 0 saturated heterocycles. The van der Waals surface area contributed by atoms with Crippen molar-refractivity contribution in [3.63, 3.8) is 0 Å². The van der Waals surface area contributed by atoms with Crippen LogP contribution in [0.2, 0.25) is 0 Å². The van der Waals surface area contributed by atoms with E-state index in [1.165, 1.54) is 0 Å². The maximum Gasteiger partial charge on any atom is 0.169 e. The van der Waals surface area contributed by atoms with Gasteiger partial charge in [0.05, 0.1) is 6.54 Å². The number of rotatable bonds is 3. The molecule has 4 heteroatoms. The van der Waals surface area contributed by atoms with Gasteiger partial charge in [0.25, 0.3) is 0 Å². The Kier molecular flexibility index (Phi) is 5.63. The summed E-state index contributed by atoms with van der Waals surface area (Å²) in [6.45, 7) is 5.01. The second-order valence-corrected chi connectivity index (χ2v) is 3.52. The summed E-state index contributed by atoms with van der Waals surface area (Å²) >= 11 is 3.24. The Bertz CT molecular complexity index is 225. The van der Waals surface area contributed by atoms with Gasteiger partial charge in [-0.1, -0.05) is 13.8 Å². The van der Waals surface area contributed by atoms with E-state index in [2.05, 4.69) is 35.1 Å². The first kappa shape index (κ1) is 12.0. The number of nitrogens with one attached hydrogen (secondary N) is 1. The molecule has 0 aliphatic heterocycles. The average molecular weight is 255 g/mol. The van der Waals surface area contributed by atoms with Crippen LogP contribution in [0.4, 0.5) is 0 Å². The van der Waals surface area contributed by atoms with E-state index in [4.69, 9.17) is 4.42 Å². The fourth-order valence-corrected chi connectivity index (χ4v) is 1.09. The van der Waals surface area contributed by atoms with E-state index in [0.29, 0.717) is 6.04 Å². The van der Waals surface area contributed by atoms with Crippen molar-refractivity contribution in [2.75, 3.05) is 0 Å². The minimum absolute atomic E-state index is 0. The molecule has 0 bridgehead atoms. The molecule has 1 aromatic rings. The predicted molar refractivity (Wildman–Crippen MR) is 55.6 cm³/mol. The molecular weight excluding hydrogens is 241 g/mol. The maximum atomic E-state index is 5.29. The zero-order valence-corrected chi connectivity index (χ0v) is 9.54. The van der Waals surface area contributed by atoms with E-state index in [9.17, 15) is 0 Å². The number of furan rings is 1. The summed E-state index contributed by atoms with van der Waals surface area (Å²) in [6, 6.07) is 4.36. The van der Waals surface area contributed by atoms with E-state index in [-0.39, 0.29) is 12.4 Å². The molecule has 0 radical (unpaired) electrons. The van der Waals surface area contributed by atoms with E-state index in [1.807, 2.05) is 12.1 Å². The largest absolute Gasteiger partial charge is 0.453 e. The lowest BCUT2D eigenvalue weighted by Gasteiger charge is -2.04. The molecule has 0 unspecified atom stereocenters. The molecule has 0 spiro atoms. The van der Waals surface area contributed by atoms with Gasteiger partial charge in [-0.2, -0.15) is 0 Å². The summed E-state index contributed by atoms with van der Waals surface area (Å²) in [6.07, 6.45) is 0. The summed E-state index contributed by atoms with van der Waals surface area (Å²) < 4.78 is 6.08. The van der Waals surface area contributed by atoms with Crippen LogP contribution in [-0.4, -0.2) is 6.04 Å². The molecule has 70 valence electrons. The third-order valence-corrected chi connectivity index (χ3v) is 1.74. The minimum Gasteiger partial charge on any atom is -0.453 e. The molecule has 0 aliphatic rings. The van der Waals surface area contributed by atoms with Crippen molar-refractivity contribution in [1.29, 1.82) is 0 Å². The van der Waals surface area contributed by atoms with Gasteiger partial charge in [0.1, 0.15) is 5.76 Å². The molecule has 0 saturated carbocycles. The number of halogens is 2. The van der Waals surface area contributed by atoms with E-state index >= 15 is 0 Å². The van der Waals surface area contributed by atoms with Gasteiger partial charge in [0, 0.05) is 6.04 Å². The summed E-state index contributed by atoms with van der Waals surface area (Å²) in [5, 5.41) is 3.26. The first-order valence-corrected chi connectivity index (χ1v) is 4.45. The molecule has 2 nitrogen and oxygen atoms in total. The van der Waals surface area contributed by atoms with Gasteiger partial charge >= 0.3 is 0 Å². The highest BCUT2D eigenvalue weighted by atomic mass is 79.9. The molecule has 1 rings (SSSR count). The summed E-state index contributed by atoms with van der Waals surface area (Å²) in [5.74, 6) is 0.963. The molecule has 1 aromatic heterocycles. The smallest absolute Gasteiger partial charge is 0.169 e. The highest BCUT2D eigenvalue weighted by Crippen LogP contribution is 2.13. The molecule has 0 fully saturated rings. The average Bonchev–Trinajstić information content (AvgIpc) is 2.31. The molecule has 12 heavy (non-hydrogen) atoms. The second-order valence-electron chi connectivity index (χ2n) is 2.74. The molecule has 1 heterocycles. The number of hydrogen-bond donors (Lipinski definition) is 1. The standard InChI is InChI=1S/C8H12BrNO.ClH/c1-6(2)10-5-7-3-4-8(9)11-7;/h3-4,6,10H,5H2,1-2H3;1H. The lowest BCUT2D eigenvalue weighted by Crippen LogP contribution is -2.21. The highest BCUT2D eigenvalue weighted by Gasteiger charge is 1.98. The van der Waals surface area contributed by atoms with Crippen LogP contribution in [0.1, 0.15) is 19.6 Å². The lowest BCUT2D eigenvalue weighted by atomic mass is 10.3. The SMILES string of the molecule is CC(C)NCc1ccc(Br)o1.Cl. The first-order chi connectivity index (χ1) is 5.18. The third-order valence-electron chi connectivity index (χ3n) is 1.31. The first-order valence-electron chi connectivity index (χ1n) is 3.66. The fourth-order valence-electron chi connectivity index (χ4n) is 0.751. The molecule has 0 atom stereocenters. The van der Waals surface area contributed by atoms with Crippen molar-refractivity contribution in [3.8, 4) is 0 Å². The van der Waals surface area contributed by atoms with E-state index < -0.39 is 0 Å². The minimum atomic E-state index is 0. The van der Waals surface area contributed by atoms with Gasteiger partial charge in [-0.3, -0.25) is 0 Å². The molecule has 0 aliphatic carbocycles. The van der Waals surface area contributed by atoms with Crippen LogP contribution in [0.5, 0.6) is 0 Å². The van der Waals surface area contributed by atoms with Gasteiger partial charge in [0.15, 0.2) is 4.67 Å². The van der Waals surface area contributed by atoms with Crippen molar-refractivity contribution in [1.82, 2.24) is 5.32 Å². The molecule has 0 amide bonds.